The van der Waals surface area contributed by atoms with Gasteiger partial charge in [-0.25, -0.2) is 8.42 Å². The highest BCUT2D eigenvalue weighted by Gasteiger charge is 2.18. The lowest BCUT2D eigenvalue weighted by Gasteiger charge is -2.12. The van der Waals surface area contributed by atoms with Gasteiger partial charge < -0.3 is 19.5 Å². The Morgan fingerprint density at radius 1 is 1.00 bits per heavy atom. The molecular weight excluding hydrogens is 408 g/mol. The number of hydrogen-bond donors (Lipinski definition) is 2. The number of carbonyl (C=O) groups is 1. The van der Waals surface area contributed by atoms with Gasteiger partial charge >= 0.3 is 0 Å². The zero-order chi connectivity index (χ0) is 22.0. The summed E-state index contributed by atoms with van der Waals surface area (Å²) in [7, 11) is -0.708. The molecule has 30 heavy (non-hydrogen) atoms. The number of sulfonamides is 1. The molecule has 0 fully saturated rings. The molecule has 0 radical (unpaired) electrons. The van der Waals surface area contributed by atoms with Gasteiger partial charge in [0.2, 0.25) is 0 Å². The summed E-state index contributed by atoms with van der Waals surface area (Å²) in [5.74, 6) is 0.294. The Kier molecular flexibility index (Phi) is 9.10. The van der Waals surface area contributed by atoms with Crippen LogP contribution in [0.4, 0.5) is 5.69 Å². The first kappa shape index (κ1) is 23.7. The second-order valence-corrected chi connectivity index (χ2v) is 8.21. The second kappa shape index (κ2) is 11.5. The largest absolute Gasteiger partial charge is 0.497 e. The predicted octanol–water partition coefficient (Wildman–Crippen LogP) is 2.59. The van der Waals surface area contributed by atoms with E-state index in [2.05, 4.69) is 10.0 Å². The fourth-order valence-electron chi connectivity index (χ4n) is 2.60. The SMILES string of the molecule is COCCOCCCNC(=O)c1cc(S(=O)(=O)Nc2ccc(OC)cc2)ccc1C. The van der Waals surface area contributed by atoms with E-state index in [4.69, 9.17) is 14.2 Å². The van der Waals surface area contributed by atoms with Crippen LogP contribution in [0.15, 0.2) is 47.4 Å². The number of carbonyl (C=O) groups excluding carboxylic acids is 1. The van der Waals surface area contributed by atoms with Crippen molar-refractivity contribution in [1.29, 1.82) is 0 Å². The Balaban J connectivity index is 2.01. The van der Waals surface area contributed by atoms with Crippen LogP contribution in [0.1, 0.15) is 22.3 Å². The Morgan fingerprint density at radius 2 is 1.73 bits per heavy atom. The molecule has 0 aliphatic heterocycles. The molecule has 2 aromatic carbocycles. The van der Waals surface area contributed by atoms with Crippen LogP contribution in [0.25, 0.3) is 0 Å². The van der Waals surface area contributed by atoms with Crippen LogP contribution in [0.3, 0.4) is 0 Å². The summed E-state index contributed by atoms with van der Waals surface area (Å²) in [6.07, 6.45) is 0.644. The smallest absolute Gasteiger partial charge is 0.261 e. The highest BCUT2D eigenvalue weighted by molar-refractivity contribution is 7.92. The molecule has 0 spiro atoms. The average molecular weight is 437 g/mol. The molecular formula is C21H28N2O6S. The Morgan fingerprint density at radius 3 is 2.40 bits per heavy atom. The third-order valence-corrected chi connectivity index (χ3v) is 5.67. The van der Waals surface area contributed by atoms with Gasteiger partial charge in [0, 0.05) is 31.5 Å². The van der Waals surface area contributed by atoms with Gasteiger partial charge in [0.15, 0.2) is 0 Å². The highest BCUT2D eigenvalue weighted by atomic mass is 32.2. The van der Waals surface area contributed by atoms with Crippen molar-refractivity contribution in [3.8, 4) is 5.75 Å². The summed E-state index contributed by atoms with van der Waals surface area (Å²) in [6.45, 7) is 3.72. The molecule has 1 amide bonds. The molecule has 0 saturated carbocycles. The minimum absolute atomic E-state index is 0.0111. The summed E-state index contributed by atoms with van der Waals surface area (Å²) in [5, 5.41) is 2.79. The number of ether oxygens (including phenoxy) is 3. The first-order valence-corrected chi connectivity index (χ1v) is 11.0. The van der Waals surface area contributed by atoms with E-state index in [1.54, 1.807) is 44.4 Å². The zero-order valence-corrected chi connectivity index (χ0v) is 18.3. The number of anilines is 1. The Labute approximate surface area is 177 Å². The monoisotopic (exact) mass is 436 g/mol. The molecule has 0 heterocycles. The standard InChI is InChI=1S/C21H28N2O6S/c1-16-5-10-19(30(25,26)23-17-6-8-18(28-3)9-7-17)15-20(16)21(24)22-11-4-12-29-14-13-27-2/h5-10,15,23H,4,11-14H2,1-3H3,(H,22,24). The lowest BCUT2D eigenvalue weighted by atomic mass is 10.1. The predicted molar refractivity (Wildman–Crippen MR) is 115 cm³/mol. The fourth-order valence-corrected chi connectivity index (χ4v) is 3.69. The van der Waals surface area contributed by atoms with E-state index < -0.39 is 10.0 Å². The van der Waals surface area contributed by atoms with Crippen LogP contribution in [-0.2, 0) is 19.5 Å². The molecule has 2 rings (SSSR count). The van der Waals surface area contributed by atoms with Crippen molar-refractivity contribution in [3.05, 3.63) is 53.6 Å². The van der Waals surface area contributed by atoms with Gasteiger partial charge in [0.05, 0.1) is 25.2 Å². The minimum atomic E-state index is -3.85. The van der Waals surface area contributed by atoms with E-state index in [0.29, 0.717) is 55.4 Å². The van der Waals surface area contributed by atoms with Gasteiger partial charge in [0.1, 0.15) is 5.75 Å². The van der Waals surface area contributed by atoms with Crippen LogP contribution in [0.5, 0.6) is 5.75 Å². The summed E-state index contributed by atoms with van der Waals surface area (Å²) in [5.41, 5.74) is 1.40. The summed E-state index contributed by atoms with van der Waals surface area (Å²) >= 11 is 0. The summed E-state index contributed by atoms with van der Waals surface area (Å²) < 4.78 is 43.3. The summed E-state index contributed by atoms with van der Waals surface area (Å²) in [6, 6.07) is 11.0. The van der Waals surface area contributed by atoms with Crippen LogP contribution in [0.2, 0.25) is 0 Å². The van der Waals surface area contributed by atoms with E-state index in [-0.39, 0.29) is 10.8 Å². The van der Waals surface area contributed by atoms with Crippen molar-refractivity contribution < 1.29 is 27.4 Å². The first-order chi connectivity index (χ1) is 14.4. The number of benzene rings is 2. The van der Waals surface area contributed by atoms with E-state index >= 15 is 0 Å². The maximum Gasteiger partial charge on any atom is 0.261 e. The Hall–Kier alpha value is -2.62. The molecule has 0 unspecified atom stereocenters. The number of methoxy groups -OCH3 is 2. The van der Waals surface area contributed by atoms with Crippen molar-refractivity contribution in [2.75, 3.05) is 45.3 Å². The van der Waals surface area contributed by atoms with Crippen molar-refractivity contribution in [3.63, 3.8) is 0 Å². The molecule has 0 aromatic heterocycles. The van der Waals surface area contributed by atoms with E-state index in [9.17, 15) is 13.2 Å². The normalized spacial score (nSPS) is 11.2. The highest BCUT2D eigenvalue weighted by Crippen LogP contribution is 2.21. The lowest BCUT2D eigenvalue weighted by molar-refractivity contribution is 0.0688. The van der Waals surface area contributed by atoms with Crippen molar-refractivity contribution in [2.45, 2.75) is 18.2 Å². The van der Waals surface area contributed by atoms with Crippen LogP contribution in [-0.4, -0.2) is 54.9 Å². The van der Waals surface area contributed by atoms with Gasteiger partial charge in [-0.1, -0.05) is 6.07 Å². The second-order valence-electron chi connectivity index (χ2n) is 6.53. The minimum Gasteiger partial charge on any atom is -0.497 e. The Bertz CT molecular complexity index is 929. The molecule has 0 aliphatic carbocycles. The average Bonchev–Trinajstić information content (AvgIpc) is 2.73. The third kappa shape index (κ3) is 7.01. The van der Waals surface area contributed by atoms with E-state index in [1.807, 2.05) is 0 Å². The van der Waals surface area contributed by atoms with Crippen molar-refractivity contribution in [2.24, 2.45) is 0 Å². The number of hydrogen-bond acceptors (Lipinski definition) is 6. The van der Waals surface area contributed by atoms with Gasteiger partial charge in [-0.05, 0) is 55.3 Å². The number of amides is 1. The number of nitrogens with one attached hydrogen (secondary N) is 2. The molecule has 0 bridgehead atoms. The molecule has 0 atom stereocenters. The number of aryl methyl sites for hydroxylation is 1. The van der Waals surface area contributed by atoms with Gasteiger partial charge in [-0.2, -0.15) is 0 Å². The molecule has 0 saturated heterocycles. The quantitative estimate of drug-likeness (QED) is 0.496. The van der Waals surface area contributed by atoms with E-state index in [0.717, 1.165) is 0 Å². The molecule has 8 nitrogen and oxygen atoms in total. The first-order valence-electron chi connectivity index (χ1n) is 9.50. The molecule has 9 heteroatoms. The van der Waals surface area contributed by atoms with Gasteiger partial charge in [-0.15, -0.1) is 0 Å². The van der Waals surface area contributed by atoms with Crippen molar-refractivity contribution >= 4 is 21.6 Å². The van der Waals surface area contributed by atoms with Crippen LogP contribution in [0, 0.1) is 6.92 Å². The topological polar surface area (TPSA) is 103 Å². The molecule has 2 N–H and O–H groups in total. The summed E-state index contributed by atoms with van der Waals surface area (Å²) in [4.78, 5) is 12.5. The molecule has 2 aromatic rings. The van der Waals surface area contributed by atoms with Crippen LogP contribution < -0.4 is 14.8 Å². The van der Waals surface area contributed by atoms with Crippen molar-refractivity contribution in [1.82, 2.24) is 5.32 Å². The third-order valence-electron chi connectivity index (χ3n) is 4.29. The van der Waals surface area contributed by atoms with Crippen LogP contribution >= 0.6 is 0 Å². The lowest BCUT2D eigenvalue weighted by Crippen LogP contribution is -2.26. The maximum atomic E-state index is 12.7. The van der Waals surface area contributed by atoms with Gasteiger partial charge in [-0.3, -0.25) is 9.52 Å². The number of rotatable bonds is 12. The molecule has 164 valence electrons. The zero-order valence-electron chi connectivity index (χ0n) is 17.4. The van der Waals surface area contributed by atoms with E-state index in [1.165, 1.54) is 19.2 Å². The maximum absolute atomic E-state index is 12.7. The fraction of sp³-hybridized carbons (Fsp3) is 0.381. The van der Waals surface area contributed by atoms with Gasteiger partial charge in [0.25, 0.3) is 15.9 Å². The molecule has 0 aliphatic rings.